The number of nitrogens with zero attached hydrogens (tertiary/aromatic N) is 3. The number of nitrogens with one attached hydrogen (secondary N) is 1. The van der Waals surface area contributed by atoms with Crippen molar-refractivity contribution < 1.29 is 9.26 Å². The second kappa shape index (κ2) is 7.15. The van der Waals surface area contributed by atoms with Crippen molar-refractivity contribution in [2.45, 2.75) is 19.3 Å². The SMILES string of the molecule is c1cc(-c2noc(CCCCN3CCOCC3)n2)c2cc[nH]c2c1. The number of H-pyrrole nitrogens is 1. The van der Waals surface area contributed by atoms with Crippen LogP contribution in [-0.4, -0.2) is 52.9 Å². The molecule has 1 N–H and O–H groups in total. The van der Waals surface area contributed by atoms with Crippen LogP contribution >= 0.6 is 0 Å². The Balaban J connectivity index is 1.34. The molecule has 6 heteroatoms. The molecule has 0 saturated carbocycles. The zero-order valence-electron chi connectivity index (χ0n) is 13.7. The Labute approximate surface area is 140 Å². The molecule has 1 aromatic carbocycles. The van der Waals surface area contributed by atoms with E-state index in [9.17, 15) is 0 Å². The Morgan fingerprint density at radius 2 is 2.04 bits per heavy atom. The van der Waals surface area contributed by atoms with E-state index >= 15 is 0 Å². The average molecular weight is 326 g/mol. The fourth-order valence-electron chi connectivity index (χ4n) is 3.18. The van der Waals surface area contributed by atoms with Gasteiger partial charge in [0, 0.05) is 42.2 Å². The highest BCUT2D eigenvalue weighted by molar-refractivity contribution is 5.93. The van der Waals surface area contributed by atoms with Gasteiger partial charge < -0.3 is 14.2 Å². The van der Waals surface area contributed by atoms with Gasteiger partial charge in [-0.3, -0.25) is 4.90 Å². The second-order valence-corrected chi connectivity index (χ2v) is 6.17. The molecule has 1 aliphatic heterocycles. The molecule has 0 spiro atoms. The van der Waals surface area contributed by atoms with Crippen LogP contribution in [0.2, 0.25) is 0 Å². The van der Waals surface area contributed by atoms with Gasteiger partial charge >= 0.3 is 0 Å². The smallest absolute Gasteiger partial charge is 0.226 e. The third kappa shape index (κ3) is 3.34. The summed E-state index contributed by atoms with van der Waals surface area (Å²) >= 11 is 0. The maximum absolute atomic E-state index is 5.43. The normalized spacial score (nSPS) is 16.0. The molecule has 1 saturated heterocycles. The van der Waals surface area contributed by atoms with E-state index in [0.717, 1.165) is 74.5 Å². The van der Waals surface area contributed by atoms with Gasteiger partial charge in [-0.05, 0) is 31.5 Å². The fourth-order valence-corrected chi connectivity index (χ4v) is 3.18. The lowest BCUT2D eigenvalue weighted by Gasteiger charge is -2.26. The molecule has 24 heavy (non-hydrogen) atoms. The van der Waals surface area contributed by atoms with Crippen LogP contribution in [-0.2, 0) is 11.2 Å². The number of hydrogen-bond acceptors (Lipinski definition) is 5. The van der Waals surface area contributed by atoms with Gasteiger partial charge in [0.1, 0.15) is 0 Å². The number of aryl methyl sites for hydroxylation is 1. The lowest BCUT2D eigenvalue weighted by molar-refractivity contribution is 0.0371. The van der Waals surface area contributed by atoms with Crippen LogP contribution in [0.1, 0.15) is 18.7 Å². The molecule has 4 rings (SSSR count). The third-order valence-electron chi connectivity index (χ3n) is 4.52. The Morgan fingerprint density at radius 3 is 2.96 bits per heavy atom. The van der Waals surface area contributed by atoms with Gasteiger partial charge in [-0.1, -0.05) is 17.3 Å². The lowest BCUT2D eigenvalue weighted by Crippen LogP contribution is -2.36. The highest BCUT2D eigenvalue weighted by Crippen LogP contribution is 2.26. The maximum atomic E-state index is 5.43. The van der Waals surface area contributed by atoms with Gasteiger partial charge in [-0.15, -0.1) is 0 Å². The first-order valence-electron chi connectivity index (χ1n) is 8.59. The summed E-state index contributed by atoms with van der Waals surface area (Å²) in [5, 5.41) is 5.28. The van der Waals surface area contributed by atoms with Crippen LogP contribution in [0, 0.1) is 0 Å². The van der Waals surface area contributed by atoms with Crippen LogP contribution < -0.4 is 0 Å². The molecular weight excluding hydrogens is 304 g/mol. The molecule has 0 unspecified atom stereocenters. The zero-order valence-corrected chi connectivity index (χ0v) is 13.7. The minimum Gasteiger partial charge on any atom is -0.379 e. The number of aromatic nitrogens is 3. The van der Waals surface area contributed by atoms with Gasteiger partial charge in [0.05, 0.1) is 13.2 Å². The van der Waals surface area contributed by atoms with E-state index in [4.69, 9.17) is 9.26 Å². The number of rotatable bonds is 6. The fraction of sp³-hybridized carbons (Fsp3) is 0.444. The Bertz CT molecular complexity index is 789. The van der Waals surface area contributed by atoms with Gasteiger partial charge in [0.15, 0.2) is 0 Å². The molecule has 1 fully saturated rings. The van der Waals surface area contributed by atoms with E-state index in [0.29, 0.717) is 5.82 Å². The summed E-state index contributed by atoms with van der Waals surface area (Å²) in [5.74, 6) is 1.39. The average Bonchev–Trinajstić information content (AvgIpc) is 3.28. The maximum Gasteiger partial charge on any atom is 0.226 e. The van der Waals surface area contributed by atoms with E-state index < -0.39 is 0 Å². The van der Waals surface area contributed by atoms with E-state index in [1.807, 2.05) is 30.5 Å². The number of ether oxygens (including phenoxy) is 1. The summed E-state index contributed by atoms with van der Waals surface area (Å²) in [7, 11) is 0. The van der Waals surface area contributed by atoms with E-state index in [2.05, 4.69) is 20.0 Å². The van der Waals surface area contributed by atoms with Crippen molar-refractivity contribution in [3.05, 3.63) is 36.4 Å². The number of benzene rings is 1. The van der Waals surface area contributed by atoms with Crippen molar-refractivity contribution in [1.82, 2.24) is 20.0 Å². The number of hydrogen-bond donors (Lipinski definition) is 1. The first-order chi connectivity index (χ1) is 11.9. The largest absolute Gasteiger partial charge is 0.379 e. The van der Waals surface area contributed by atoms with Crippen molar-refractivity contribution >= 4 is 10.9 Å². The molecular formula is C18H22N4O2. The van der Waals surface area contributed by atoms with Crippen LogP contribution in [0.4, 0.5) is 0 Å². The predicted octanol–water partition coefficient (Wildman–Crippen LogP) is 2.87. The van der Waals surface area contributed by atoms with Crippen molar-refractivity contribution in [2.24, 2.45) is 0 Å². The minimum atomic E-state index is 0.670. The quantitative estimate of drug-likeness (QED) is 0.706. The molecule has 1 aliphatic rings. The number of aromatic amines is 1. The highest BCUT2D eigenvalue weighted by atomic mass is 16.5. The van der Waals surface area contributed by atoms with Crippen LogP contribution in [0.3, 0.4) is 0 Å². The summed E-state index contributed by atoms with van der Waals surface area (Å²) in [6.45, 7) is 4.93. The first kappa shape index (κ1) is 15.4. The third-order valence-corrected chi connectivity index (χ3v) is 4.52. The minimum absolute atomic E-state index is 0.670. The van der Waals surface area contributed by atoms with Crippen molar-refractivity contribution in [1.29, 1.82) is 0 Å². The Hall–Kier alpha value is -2.18. The van der Waals surface area contributed by atoms with Gasteiger partial charge in [0.25, 0.3) is 0 Å². The number of unbranched alkanes of at least 4 members (excludes halogenated alkanes) is 1. The lowest BCUT2D eigenvalue weighted by atomic mass is 10.1. The molecule has 2 aromatic heterocycles. The van der Waals surface area contributed by atoms with E-state index in [-0.39, 0.29) is 0 Å². The molecule has 126 valence electrons. The van der Waals surface area contributed by atoms with Crippen molar-refractivity contribution in [3.8, 4) is 11.4 Å². The highest BCUT2D eigenvalue weighted by Gasteiger charge is 2.13. The van der Waals surface area contributed by atoms with E-state index in [1.165, 1.54) is 0 Å². The molecule has 0 bridgehead atoms. The summed E-state index contributed by atoms with van der Waals surface area (Å²) in [4.78, 5) is 10.2. The molecule has 0 radical (unpaired) electrons. The van der Waals surface area contributed by atoms with E-state index in [1.54, 1.807) is 0 Å². The monoisotopic (exact) mass is 326 g/mol. The topological polar surface area (TPSA) is 67.2 Å². The van der Waals surface area contributed by atoms with Gasteiger partial charge in [-0.25, -0.2) is 0 Å². The summed E-state index contributed by atoms with van der Waals surface area (Å²) in [6, 6.07) is 8.13. The molecule has 0 atom stereocenters. The zero-order chi connectivity index (χ0) is 16.2. The second-order valence-electron chi connectivity index (χ2n) is 6.17. The molecule has 6 nitrogen and oxygen atoms in total. The van der Waals surface area contributed by atoms with Crippen LogP contribution in [0.25, 0.3) is 22.3 Å². The Kier molecular flexibility index (Phi) is 4.57. The van der Waals surface area contributed by atoms with Crippen LogP contribution in [0.15, 0.2) is 35.0 Å². The van der Waals surface area contributed by atoms with Crippen molar-refractivity contribution in [2.75, 3.05) is 32.8 Å². The van der Waals surface area contributed by atoms with Gasteiger partial charge in [0.2, 0.25) is 11.7 Å². The summed E-state index contributed by atoms with van der Waals surface area (Å²) in [5.41, 5.74) is 2.10. The molecule has 3 heterocycles. The standard InChI is InChI=1S/C18H22N4O2/c1(2-9-22-10-12-23-13-11-22)6-17-20-18(21-24-17)15-4-3-5-16-14(15)7-8-19-16/h3-5,7-8,19H,1-2,6,9-13H2. The molecule has 0 amide bonds. The first-order valence-corrected chi connectivity index (χ1v) is 8.59. The number of morpholine rings is 1. The molecule has 0 aliphatic carbocycles. The van der Waals surface area contributed by atoms with Gasteiger partial charge in [-0.2, -0.15) is 4.98 Å². The van der Waals surface area contributed by atoms with Crippen LogP contribution in [0.5, 0.6) is 0 Å². The number of fused-ring (bicyclic) bond motifs is 1. The Morgan fingerprint density at radius 1 is 1.12 bits per heavy atom. The summed E-state index contributed by atoms with van der Waals surface area (Å²) in [6.07, 6.45) is 4.97. The molecule has 3 aromatic rings. The predicted molar refractivity (Wildman–Crippen MR) is 91.8 cm³/mol. The summed E-state index contributed by atoms with van der Waals surface area (Å²) < 4.78 is 10.8. The van der Waals surface area contributed by atoms with Crippen molar-refractivity contribution in [3.63, 3.8) is 0 Å².